The number of thiophene rings is 1. The van der Waals surface area contributed by atoms with Gasteiger partial charge in [0.25, 0.3) is 5.91 Å². The molecule has 0 unspecified atom stereocenters. The molecule has 22 heavy (non-hydrogen) atoms. The average Bonchev–Trinajstić information content (AvgIpc) is 3.14. The van der Waals surface area contributed by atoms with Gasteiger partial charge in [0.05, 0.1) is 26.0 Å². The van der Waals surface area contributed by atoms with Gasteiger partial charge < -0.3 is 19.2 Å². The summed E-state index contributed by atoms with van der Waals surface area (Å²) >= 11 is 0.939. The first-order valence-electron chi connectivity index (χ1n) is 6.14. The third kappa shape index (κ3) is 2.86. The van der Waals surface area contributed by atoms with Crippen LogP contribution in [0.5, 0.6) is 0 Å². The number of carbonyl (C=O) groups is 3. The summed E-state index contributed by atoms with van der Waals surface area (Å²) in [5, 5.41) is 2.75. The molecule has 2 aromatic rings. The van der Waals surface area contributed by atoms with Gasteiger partial charge in [0.1, 0.15) is 9.88 Å². The zero-order valence-corrected chi connectivity index (χ0v) is 12.9. The molecule has 8 heteroatoms. The summed E-state index contributed by atoms with van der Waals surface area (Å²) in [6.45, 7) is 1.58. The number of nitrogens with one attached hydrogen (secondary N) is 1. The molecule has 0 aromatic carbocycles. The van der Waals surface area contributed by atoms with E-state index in [1.165, 1.54) is 26.5 Å². The highest BCUT2D eigenvalue weighted by Crippen LogP contribution is 2.34. The number of rotatable bonds is 4. The molecule has 2 heterocycles. The van der Waals surface area contributed by atoms with Crippen LogP contribution in [0, 0.1) is 6.92 Å². The minimum absolute atomic E-state index is 0.0847. The molecule has 0 bridgehead atoms. The first kappa shape index (κ1) is 15.8. The largest absolute Gasteiger partial charge is 0.465 e. The molecular weight excluding hydrogens is 310 g/mol. The van der Waals surface area contributed by atoms with Crippen molar-refractivity contribution in [3.8, 4) is 0 Å². The predicted molar refractivity (Wildman–Crippen MR) is 78.4 cm³/mol. The number of esters is 2. The van der Waals surface area contributed by atoms with Crippen LogP contribution in [0.3, 0.4) is 0 Å². The zero-order chi connectivity index (χ0) is 16.3. The van der Waals surface area contributed by atoms with E-state index in [9.17, 15) is 14.4 Å². The Morgan fingerprint density at radius 2 is 1.86 bits per heavy atom. The number of carbonyl (C=O) groups excluding carboxylic acids is 3. The first-order chi connectivity index (χ1) is 10.5. The van der Waals surface area contributed by atoms with Crippen LogP contribution in [-0.4, -0.2) is 32.1 Å². The minimum atomic E-state index is -0.654. The molecule has 7 nitrogen and oxygen atoms in total. The molecule has 1 amide bonds. The molecule has 0 radical (unpaired) electrons. The van der Waals surface area contributed by atoms with Gasteiger partial charge >= 0.3 is 11.9 Å². The molecule has 116 valence electrons. The van der Waals surface area contributed by atoms with Crippen molar-refractivity contribution in [1.29, 1.82) is 0 Å². The Hall–Kier alpha value is -2.61. The number of methoxy groups -OCH3 is 2. The van der Waals surface area contributed by atoms with E-state index in [1.807, 2.05) is 0 Å². The van der Waals surface area contributed by atoms with Crippen LogP contribution in [0.2, 0.25) is 0 Å². The highest BCUT2D eigenvalue weighted by Gasteiger charge is 2.27. The number of hydrogen-bond donors (Lipinski definition) is 1. The summed E-state index contributed by atoms with van der Waals surface area (Å²) in [6, 6.07) is 3.05. The Kier molecular flexibility index (Phi) is 4.62. The molecule has 0 aliphatic rings. The second-order valence-electron chi connectivity index (χ2n) is 4.17. The van der Waals surface area contributed by atoms with Gasteiger partial charge in [0.15, 0.2) is 5.76 Å². The maximum atomic E-state index is 12.0. The fourth-order valence-electron chi connectivity index (χ4n) is 1.81. The number of furan rings is 1. The van der Waals surface area contributed by atoms with Crippen LogP contribution in [0.4, 0.5) is 5.00 Å². The topological polar surface area (TPSA) is 94.8 Å². The minimum Gasteiger partial charge on any atom is -0.465 e. The molecule has 0 saturated heterocycles. The SMILES string of the molecule is COC(=O)c1sc(NC(=O)c2ccco2)c(C(=O)OC)c1C. The summed E-state index contributed by atoms with van der Waals surface area (Å²) in [7, 11) is 2.45. The van der Waals surface area contributed by atoms with E-state index in [4.69, 9.17) is 9.15 Å². The Labute approximate surface area is 129 Å². The number of hydrogen-bond acceptors (Lipinski definition) is 7. The maximum absolute atomic E-state index is 12.0. The third-order valence-electron chi connectivity index (χ3n) is 2.88. The first-order valence-corrected chi connectivity index (χ1v) is 6.96. The average molecular weight is 323 g/mol. The van der Waals surface area contributed by atoms with Gasteiger partial charge in [0, 0.05) is 0 Å². The van der Waals surface area contributed by atoms with Crippen molar-refractivity contribution in [2.24, 2.45) is 0 Å². The van der Waals surface area contributed by atoms with E-state index in [1.54, 1.807) is 13.0 Å². The molecule has 0 saturated carbocycles. The van der Waals surface area contributed by atoms with Gasteiger partial charge in [0.2, 0.25) is 0 Å². The highest BCUT2D eigenvalue weighted by molar-refractivity contribution is 7.18. The van der Waals surface area contributed by atoms with Gasteiger partial charge in [-0.1, -0.05) is 0 Å². The second-order valence-corrected chi connectivity index (χ2v) is 5.20. The Morgan fingerprint density at radius 3 is 2.41 bits per heavy atom. The molecule has 0 aliphatic carbocycles. The molecule has 0 spiro atoms. The molecule has 2 aromatic heterocycles. The second kappa shape index (κ2) is 6.44. The summed E-state index contributed by atoms with van der Waals surface area (Å²) in [5.41, 5.74) is 0.506. The van der Waals surface area contributed by atoms with Crippen LogP contribution in [-0.2, 0) is 9.47 Å². The Bertz CT molecular complexity index is 716. The van der Waals surface area contributed by atoms with Gasteiger partial charge in [-0.3, -0.25) is 4.79 Å². The van der Waals surface area contributed by atoms with Gasteiger partial charge in [-0.15, -0.1) is 11.3 Å². The van der Waals surface area contributed by atoms with E-state index in [0.717, 1.165) is 11.3 Å². The smallest absolute Gasteiger partial charge is 0.348 e. The van der Waals surface area contributed by atoms with Crippen molar-refractivity contribution < 1.29 is 28.3 Å². The number of ether oxygens (including phenoxy) is 2. The van der Waals surface area contributed by atoms with Crippen molar-refractivity contribution in [2.45, 2.75) is 6.92 Å². The van der Waals surface area contributed by atoms with E-state index in [-0.39, 0.29) is 21.2 Å². The molecule has 0 fully saturated rings. The lowest BCUT2D eigenvalue weighted by Crippen LogP contribution is -2.13. The summed E-state index contributed by atoms with van der Waals surface area (Å²) in [6.07, 6.45) is 1.36. The van der Waals surface area contributed by atoms with Gasteiger partial charge in [-0.25, -0.2) is 9.59 Å². The number of anilines is 1. The van der Waals surface area contributed by atoms with Crippen LogP contribution in [0.25, 0.3) is 0 Å². The fourth-order valence-corrected chi connectivity index (χ4v) is 2.92. The van der Waals surface area contributed by atoms with Crippen molar-refractivity contribution in [2.75, 3.05) is 19.5 Å². The molecule has 0 aliphatic heterocycles. The van der Waals surface area contributed by atoms with E-state index < -0.39 is 17.8 Å². The lowest BCUT2D eigenvalue weighted by Gasteiger charge is -2.04. The summed E-state index contributed by atoms with van der Waals surface area (Å²) < 4.78 is 14.3. The standard InChI is InChI=1S/C14H13NO6S/c1-7-9(13(17)19-2)12(22-10(7)14(18)20-3)15-11(16)8-5-4-6-21-8/h4-6H,1-3H3,(H,15,16). The van der Waals surface area contributed by atoms with Gasteiger partial charge in [-0.2, -0.15) is 0 Å². The van der Waals surface area contributed by atoms with Crippen LogP contribution in [0.1, 0.15) is 36.1 Å². The molecule has 0 atom stereocenters. The van der Waals surface area contributed by atoms with Crippen LogP contribution < -0.4 is 5.32 Å². The zero-order valence-electron chi connectivity index (χ0n) is 12.1. The van der Waals surface area contributed by atoms with Crippen LogP contribution in [0.15, 0.2) is 22.8 Å². The van der Waals surface area contributed by atoms with Crippen molar-refractivity contribution >= 4 is 34.2 Å². The van der Waals surface area contributed by atoms with Gasteiger partial charge in [-0.05, 0) is 24.6 Å². The molecule has 2 rings (SSSR count). The van der Waals surface area contributed by atoms with E-state index in [2.05, 4.69) is 10.1 Å². The van der Waals surface area contributed by atoms with Crippen molar-refractivity contribution in [3.05, 3.63) is 40.2 Å². The Morgan fingerprint density at radius 1 is 1.18 bits per heavy atom. The summed E-state index contributed by atoms with van der Waals surface area (Å²) in [4.78, 5) is 35.9. The van der Waals surface area contributed by atoms with Crippen LogP contribution >= 0.6 is 11.3 Å². The van der Waals surface area contributed by atoms with Crippen molar-refractivity contribution in [3.63, 3.8) is 0 Å². The normalized spacial score (nSPS) is 10.1. The quantitative estimate of drug-likeness (QED) is 0.869. The lowest BCUT2D eigenvalue weighted by atomic mass is 10.1. The highest BCUT2D eigenvalue weighted by atomic mass is 32.1. The third-order valence-corrected chi connectivity index (χ3v) is 4.07. The lowest BCUT2D eigenvalue weighted by molar-refractivity contribution is 0.0601. The predicted octanol–water partition coefficient (Wildman–Crippen LogP) is 2.48. The summed E-state index contributed by atoms with van der Waals surface area (Å²) in [5.74, 6) is -1.70. The molecular formula is C14H13NO6S. The Balaban J connectivity index is 2.43. The molecule has 1 N–H and O–H groups in total. The fraction of sp³-hybridized carbons (Fsp3) is 0.214. The van der Waals surface area contributed by atoms with E-state index in [0.29, 0.717) is 5.56 Å². The van der Waals surface area contributed by atoms with E-state index >= 15 is 0 Å². The monoisotopic (exact) mass is 323 g/mol. The van der Waals surface area contributed by atoms with Crippen molar-refractivity contribution in [1.82, 2.24) is 0 Å². The maximum Gasteiger partial charge on any atom is 0.348 e. The number of amides is 1.